The number of hydrogen-bond acceptors (Lipinski definition) is 1. The number of carbonyl (C=O) groups excluding carboxylic acids is 1. The largest absolute Gasteiger partial charge is 0.294 e. The summed E-state index contributed by atoms with van der Waals surface area (Å²) in [6.45, 7) is 0. The van der Waals surface area contributed by atoms with Crippen molar-refractivity contribution >= 4 is 17.4 Å². The Morgan fingerprint density at radius 1 is 1.05 bits per heavy atom. The van der Waals surface area contributed by atoms with Crippen LogP contribution in [0, 0.1) is 17.5 Å². The van der Waals surface area contributed by atoms with Gasteiger partial charge < -0.3 is 0 Å². The molecule has 0 spiro atoms. The van der Waals surface area contributed by atoms with Gasteiger partial charge in [-0.1, -0.05) is 23.7 Å². The Balaban J connectivity index is 2.26. The molecule has 0 amide bonds. The second kappa shape index (κ2) is 5.45. The molecular formula is C14H8ClF3O. The average Bonchev–Trinajstić information content (AvgIpc) is 2.37. The van der Waals surface area contributed by atoms with E-state index in [-0.39, 0.29) is 17.0 Å². The third-order valence-electron chi connectivity index (χ3n) is 2.60. The van der Waals surface area contributed by atoms with Gasteiger partial charge in [-0.05, 0) is 29.8 Å². The number of ketones is 1. The summed E-state index contributed by atoms with van der Waals surface area (Å²) in [6, 6.07) is 7.16. The van der Waals surface area contributed by atoms with E-state index < -0.39 is 23.2 Å². The van der Waals surface area contributed by atoms with Crippen molar-refractivity contribution in [3.05, 3.63) is 70.0 Å². The molecule has 0 heterocycles. The highest BCUT2D eigenvalue weighted by Gasteiger charge is 2.15. The van der Waals surface area contributed by atoms with Gasteiger partial charge in [-0.2, -0.15) is 0 Å². The summed E-state index contributed by atoms with van der Waals surface area (Å²) in [5.74, 6) is -3.46. The summed E-state index contributed by atoms with van der Waals surface area (Å²) in [5.41, 5.74) is 0.0977. The van der Waals surface area contributed by atoms with E-state index >= 15 is 0 Å². The maximum absolute atomic E-state index is 13.4. The highest BCUT2D eigenvalue weighted by Crippen LogP contribution is 2.19. The number of benzene rings is 2. The van der Waals surface area contributed by atoms with Crippen molar-refractivity contribution in [3.63, 3.8) is 0 Å². The lowest BCUT2D eigenvalue weighted by Crippen LogP contribution is -2.07. The van der Waals surface area contributed by atoms with Gasteiger partial charge in [0.15, 0.2) is 17.4 Å². The second-order valence-corrected chi connectivity index (χ2v) is 4.36. The first-order valence-corrected chi connectivity index (χ1v) is 5.78. The van der Waals surface area contributed by atoms with Crippen LogP contribution in [-0.4, -0.2) is 5.78 Å². The Hall–Kier alpha value is -1.81. The van der Waals surface area contributed by atoms with Gasteiger partial charge in [-0.25, -0.2) is 13.2 Å². The number of rotatable bonds is 3. The Kier molecular flexibility index (Phi) is 3.90. The fourth-order valence-electron chi connectivity index (χ4n) is 1.65. The smallest absolute Gasteiger partial charge is 0.170 e. The van der Waals surface area contributed by atoms with Crippen LogP contribution in [0.2, 0.25) is 5.02 Å². The Labute approximate surface area is 112 Å². The van der Waals surface area contributed by atoms with Crippen molar-refractivity contribution in [2.75, 3.05) is 0 Å². The van der Waals surface area contributed by atoms with Crippen LogP contribution in [0.3, 0.4) is 0 Å². The van der Waals surface area contributed by atoms with Crippen molar-refractivity contribution in [1.29, 1.82) is 0 Å². The summed E-state index contributed by atoms with van der Waals surface area (Å²) in [7, 11) is 0. The van der Waals surface area contributed by atoms with Crippen molar-refractivity contribution in [3.8, 4) is 0 Å². The molecule has 0 fully saturated rings. The topological polar surface area (TPSA) is 17.1 Å². The molecule has 0 N–H and O–H groups in total. The molecule has 0 aromatic heterocycles. The minimum atomic E-state index is -1.18. The molecule has 0 aliphatic carbocycles. The second-order valence-electron chi connectivity index (χ2n) is 3.95. The van der Waals surface area contributed by atoms with Crippen LogP contribution < -0.4 is 0 Å². The minimum Gasteiger partial charge on any atom is -0.294 e. The lowest BCUT2D eigenvalue weighted by Gasteiger charge is -2.04. The molecule has 19 heavy (non-hydrogen) atoms. The number of hydrogen-bond donors (Lipinski definition) is 0. The van der Waals surface area contributed by atoms with Gasteiger partial charge in [0.05, 0.1) is 10.6 Å². The quantitative estimate of drug-likeness (QED) is 0.773. The summed E-state index contributed by atoms with van der Waals surface area (Å²) >= 11 is 5.58. The normalized spacial score (nSPS) is 10.5. The van der Waals surface area contributed by atoms with Crippen LogP contribution in [0.1, 0.15) is 15.9 Å². The summed E-state index contributed by atoms with van der Waals surface area (Å²) < 4.78 is 39.4. The molecule has 98 valence electrons. The predicted molar refractivity (Wildman–Crippen MR) is 65.8 cm³/mol. The standard InChI is InChI=1S/C14H8ClF3O/c15-10-6-8(4-5-11(10)16)7-13(19)9-2-1-3-12(17)14(9)18/h1-6H,7H2. The van der Waals surface area contributed by atoms with E-state index in [1.54, 1.807) is 0 Å². The molecule has 0 aliphatic rings. The van der Waals surface area contributed by atoms with Crippen LogP contribution in [0.4, 0.5) is 13.2 Å². The van der Waals surface area contributed by atoms with Gasteiger partial charge in [-0.3, -0.25) is 4.79 Å². The van der Waals surface area contributed by atoms with Crippen molar-refractivity contribution < 1.29 is 18.0 Å². The first kappa shape index (κ1) is 13.6. The molecule has 0 saturated carbocycles. The first-order chi connectivity index (χ1) is 8.99. The predicted octanol–water partition coefficient (Wildman–Crippen LogP) is 4.18. The third-order valence-corrected chi connectivity index (χ3v) is 2.89. The van der Waals surface area contributed by atoms with E-state index in [0.717, 1.165) is 12.1 Å². The zero-order valence-corrected chi connectivity index (χ0v) is 10.3. The van der Waals surface area contributed by atoms with Crippen LogP contribution >= 0.6 is 11.6 Å². The zero-order chi connectivity index (χ0) is 14.0. The lowest BCUT2D eigenvalue weighted by atomic mass is 10.0. The third kappa shape index (κ3) is 2.96. The van der Waals surface area contributed by atoms with Gasteiger partial charge in [0.2, 0.25) is 0 Å². The molecule has 0 radical (unpaired) electrons. The van der Waals surface area contributed by atoms with Gasteiger partial charge in [0.1, 0.15) is 5.82 Å². The first-order valence-electron chi connectivity index (χ1n) is 5.40. The number of carbonyl (C=O) groups is 1. The summed E-state index contributed by atoms with van der Waals surface area (Å²) in [4.78, 5) is 11.8. The van der Waals surface area contributed by atoms with E-state index in [2.05, 4.69) is 0 Å². The van der Waals surface area contributed by atoms with Gasteiger partial charge in [0, 0.05) is 6.42 Å². The van der Waals surface area contributed by atoms with Crippen molar-refractivity contribution in [2.24, 2.45) is 0 Å². The van der Waals surface area contributed by atoms with Gasteiger partial charge in [-0.15, -0.1) is 0 Å². The van der Waals surface area contributed by atoms with Crippen LogP contribution in [0.25, 0.3) is 0 Å². The van der Waals surface area contributed by atoms with Crippen molar-refractivity contribution in [2.45, 2.75) is 6.42 Å². The molecule has 0 atom stereocenters. The molecule has 0 bridgehead atoms. The molecule has 0 saturated heterocycles. The summed E-state index contributed by atoms with van der Waals surface area (Å²) in [6.07, 6.45) is -0.180. The molecule has 5 heteroatoms. The Bertz CT molecular complexity index is 641. The van der Waals surface area contributed by atoms with E-state index in [1.165, 1.54) is 24.3 Å². The molecule has 2 rings (SSSR count). The highest BCUT2D eigenvalue weighted by molar-refractivity contribution is 6.30. The number of halogens is 4. The van der Waals surface area contributed by atoms with Gasteiger partial charge >= 0.3 is 0 Å². The maximum Gasteiger partial charge on any atom is 0.170 e. The van der Waals surface area contributed by atoms with Crippen molar-refractivity contribution in [1.82, 2.24) is 0 Å². The van der Waals surface area contributed by atoms with Crippen LogP contribution in [0.15, 0.2) is 36.4 Å². The zero-order valence-electron chi connectivity index (χ0n) is 9.59. The molecule has 0 aliphatic heterocycles. The van der Waals surface area contributed by atoms with E-state index in [9.17, 15) is 18.0 Å². The fraction of sp³-hybridized carbons (Fsp3) is 0.0714. The monoisotopic (exact) mass is 284 g/mol. The maximum atomic E-state index is 13.4. The fourth-order valence-corrected chi connectivity index (χ4v) is 1.85. The molecule has 0 unspecified atom stereocenters. The van der Waals surface area contributed by atoms with Gasteiger partial charge in [0.25, 0.3) is 0 Å². The number of Topliss-reactive ketones (excluding diaryl/α,β-unsaturated/α-hetero) is 1. The molecule has 1 nitrogen and oxygen atoms in total. The SMILES string of the molecule is O=C(Cc1ccc(F)c(Cl)c1)c1cccc(F)c1F. The molecular weight excluding hydrogens is 277 g/mol. The van der Waals surface area contributed by atoms with E-state index in [4.69, 9.17) is 11.6 Å². The van der Waals surface area contributed by atoms with Crippen LogP contribution in [0.5, 0.6) is 0 Å². The Morgan fingerprint density at radius 3 is 2.47 bits per heavy atom. The highest BCUT2D eigenvalue weighted by atomic mass is 35.5. The Morgan fingerprint density at radius 2 is 1.79 bits per heavy atom. The van der Waals surface area contributed by atoms with E-state index in [0.29, 0.717) is 5.56 Å². The van der Waals surface area contributed by atoms with Crippen LogP contribution in [-0.2, 0) is 6.42 Å². The summed E-state index contributed by atoms with van der Waals surface area (Å²) in [5, 5.41) is -0.120. The molecule has 2 aromatic carbocycles. The lowest BCUT2D eigenvalue weighted by molar-refractivity contribution is 0.0988. The van der Waals surface area contributed by atoms with E-state index in [1.807, 2.05) is 0 Å². The minimum absolute atomic E-state index is 0.120. The molecule has 2 aromatic rings. The average molecular weight is 285 g/mol.